The van der Waals surface area contributed by atoms with E-state index < -0.39 is 29.6 Å². The Morgan fingerprint density at radius 2 is 1.81 bits per heavy atom. The highest BCUT2D eigenvalue weighted by molar-refractivity contribution is 6.13. The fourth-order valence-electron chi connectivity index (χ4n) is 3.52. The molecule has 1 unspecified atom stereocenters. The highest BCUT2D eigenvalue weighted by atomic mass is 16.6. The van der Waals surface area contributed by atoms with Crippen LogP contribution < -0.4 is 9.64 Å². The number of imide groups is 3. The lowest BCUT2D eigenvalue weighted by molar-refractivity contribution is -0.150. The smallest absolute Gasteiger partial charge is 0.424 e. The number of carbonyl (C=O) groups excluding carboxylic acids is 4. The SMILES string of the molecule is CC(C)(C)OC(=O)N1C(=O)CCC(N2CCN(c3ccc(OCCO)cc3)C2=O)C1=O. The van der Waals surface area contributed by atoms with Gasteiger partial charge in [-0.05, 0) is 51.5 Å². The van der Waals surface area contributed by atoms with E-state index in [0.717, 1.165) is 0 Å². The first kappa shape index (κ1) is 22.5. The molecule has 2 saturated heterocycles. The van der Waals surface area contributed by atoms with E-state index in [-0.39, 0.29) is 38.6 Å². The number of rotatable bonds is 5. The molecule has 3 rings (SSSR count). The summed E-state index contributed by atoms with van der Waals surface area (Å²) in [5, 5.41) is 8.82. The predicted molar refractivity (Wildman–Crippen MR) is 110 cm³/mol. The maximum absolute atomic E-state index is 13.0. The maximum atomic E-state index is 13.0. The van der Waals surface area contributed by atoms with Crippen LogP contribution in [0.5, 0.6) is 5.75 Å². The summed E-state index contributed by atoms with van der Waals surface area (Å²) in [6, 6.07) is 5.53. The zero-order valence-electron chi connectivity index (χ0n) is 17.9. The Balaban J connectivity index is 1.71. The fourth-order valence-corrected chi connectivity index (χ4v) is 3.52. The first-order valence-electron chi connectivity index (χ1n) is 10.1. The van der Waals surface area contributed by atoms with Gasteiger partial charge in [0.25, 0.3) is 5.91 Å². The van der Waals surface area contributed by atoms with Crippen molar-refractivity contribution in [3.63, 3.8) is 0 Å². The lowest BCUT2D eigenvalue weighted by Crippen LogP contribution is -2.57. The van der Waals surface area contributed by atoms with Gasteiger partial charge in [0.1, 0.15) is 24.0 Å². The fraction of sp³-hybridized carbons (Fsp3) is 0.524. The summed E-state index contributed by atoms with van der Waals surface area (Å²) in [4.78, 5) is 54.0. The number of carbonyl (C=O) groups is 4. The molecule has 168 valence electrons. The van der Waals surface area contributed by atoms with E-state index in [2.05, 4.69) is 0 Å². The Hall–Kier alpha value is -3.14. The summed E-state index contributed by atoms with van der Waals surface area (Å²) in [5.41, 5.74) is -0.232. The van der Waals surface area contributed by atoms with E-state index in [1.165, 1.54) is 9.80 Å². The van der Waals surface area contributed by atoms with Crippen LogP contribution in [-0.4, -0.2) is 76.8 Å². The molecule has 10 heteroatoms. The van der Waals surface area contributed by atoms with Crippen molar-refractivity contribution in [1.29, 1.82) is 0 Å². The number of urea groups is 1. The Morgan fingerprint density at radius 3 is 2.42 bits per heavy atom. The molecule has 1 aromatic rings. The van der Waals surface area contributed by atoms with Crippen molar-refractivity contribution < 1.29 is 33.8 Å². The van der Waals surface area contributed by atoms with Crippen molar-refractivity contribution in [3.8, 4) is 5.75 Å². The van der Waals surface area contributed by atoms with Crippen LogP contribution in [0, 0.1) is 0 Å². The third kappa shape index (κ3) is 4.96. The van der Waals surface area contributed by atoms with Crippen molar-refractivity contribution in [2.24, 2.45) is 0 Å². The van der Waals surface area contributed by atoms with Crippen molar-refractivity contribution in [2.75, 3.05) is 31.2 Å². The van der Waals surface area contributed by atoms with Gasteiger partial charge in [-0.25, -0.2) is 9.59 Å². The van der Waals surface area contributed by atoms with Crippen LogP contribution in [0.15, 0.2) is 24.3 Å². The molecule has 1 N–H and O–H groups in total. The number of anilines is 1. The molecular formula is C21H27N3O7. The molecule has 10 nitrogen and oxygen atoms in total. The number of likely N-dealkylation sites (tertiary alicyclic amines) is 1. The van der Waals surface area contributed by atoms with Crippen molar-refractivity contribution in [2.45, 2.75) is 45.3 Å². The van der Waals surface area contributed by atoms with Crippen molar-refractivity contribution >= 4 is 29.6 Å². The second-order valence-electron chi connectivity index (χ2n) is 8.30. The predicted octanol–water partition coefficient (Wildman–Crippen LogP) is 1.75. The normalized spacial score (nSPS) is 19.8. The van der Waals surface area contributed by atoms with Crippen molar-refractivity contribution in [3.05, 3.63) is 24.3 Å². The van der Waals surface area contributed by atoms with Crippen LogP contribution in [-0.2, 0) is 14.3 Å². The van der Waals surface area contributed by atoms with Crippen LogP contribution in [0.4, 0.5) is 15.3 Å². The molecule has 5 amide bonds. The zero-order chi connectivity index (χ0) is 22.8. The topological polar surface area (TPSA) is 117 Å². The van der Waals surface area contributed by atoms with Gasteiger partial charge in [0.15, 0.2) is 0 Å². The Labute approximate surface area is 180 Å². The molecule has 2 heterocycles. The molecule has 0 saturated carbocycles. The lowest BCUT2D eigenvalue weighted by Gasteiger charge is -2.34. The third-order valence-electron chi connectivity index (χ3n) is 4.89. The summed E-state index contributed by atoms with van der Waals surface area (Å²) in [5.74, 6) is -0.804. The maximum Gasteiger partial charge on any atom is 0.424 e. The quantitative estimate of drug-likeness (QED) is 0.703. The Morgan fingerprint density at radius 1 is 1.13 bits per heavy atom. The molecule has 0 radical (unpaired) electrons. The summed E-state index contributed by atoms with van der Waals surface area (Å²) in [7, 11) is 0. The van der Waals surface area contributed by atoms with Gasteiger partial charge in [-0.15, -0.1) is 0 Å². The Kier molecular flexibility index (Phi) is 6.49. The van der Waals surface area contributed by atoms with Gasteiger partial charge in [-0.2, -0.15) is 4.90 Å². The van der Waals surface area contributed by atoms with Gasteiger partial charge in [-0.3, -0.25) is 14.5 Å². The largest absolute Gasteiger partial charge is 0.491 e. The van der Waals surface area contributed by atoms with Crippen molar-refractivity contribution in [1.82, 2.24) is 9.80 Å². The first-order valence-corrected chi connectivity index (χ1v) is 10.1. The molecule has 2 fully saturated rings. The molecule has 31 heavy (non-hydrogen) atoms. The standard InChI is InChI=1S/C21H27N3O7/c1-21(2,3)31-20(29)24-17(26)9-8-16(18(24)27)23-11-10-22(19(23)28)14-4-6-15(7-5-14)30-13-12-25/h4-7,16,25H,8-13H2,1-3H3. The average molecular weight is 433 g/mol. The molecule has 1 atom stereocenters. The molecular weight excluding hydrogens is 406 g/mol. The van der Waals surface area contributed by atoms with Crippen LogP contribution in [0.1, 0.15) is 33.6 Å². The summed E-state index contributed by atoms with van der Waals surface area (Å²) < 4.78 is 10.5. The summed E-state index contributed by atoms with van der Waals surface area (Å²) in [6.45, 7) is 5.65. The number of nitrogens with zero attached hydrogens (tertiary/aromatic N) is 3. The number of hydrogen-bond acceptors (Lipinski definition) is 7. The average Bonchev–Trinajstić information content (AvgIpc) is 3.07. The van der Waals surface area contributed by atoms with E-state index in [9.17, 15) is 19.2 Å². The second-order valence-corrected chi connectivity index (χ2v) is 8.30. The van der Waals surface area contributed by atoms with E-state index in [4.69, 9.17) is 14.6 Å². The van der Waals surface area contributed by atoms with Gasteiger partial charge in [0.2, 0.25) is 5.91 Å². The third-order valence-corrected chi connectivity index (χ3v) is 4.89. The highest BCUT2D eigenvalue weighted by Gasteiger charge is 2.46. The number of aliphatic hydroxyl groups excluding tert-OH is 1. The molecule has 1 aromatic carbocycles. The van der Waals surface area contributed by atoms with Gasteiger partial charge in [0.05, 0.1) is 6.61 Å². The first-order chi connectivity index (χ1) is 14.6. The number of amides is 5. The molecule has 0 spiro atoms. The van der Waals surface area contributed by atoms with Gasteiger partial charge < -0.3 is 19.5 Å². The molecule has 2 aliphatic rings. The van der Waals surface area contributed by atoms with Gasteiger partial charge in [0, 0.05) is 25.2 Å². The molecule has 0 aliphatic carbocycles. The van der Waals surface area contributed by atoms with E-state index in [0.29, 0.717) is 22.9 Å². The number of piperidine rings is 1. The number of ether oxygens (including phenoxy) is 2. The monoisotopic (exact) mass is 433 g/mol. The number of hydrogen-bond donors (Lipinski definition) is 1. The minimum absolute atomic E-state index is 0.0314. The van der Waals surface area contributed by atoms with Crippen LogP contribution in [0.2, 0.25) is 0 Å². The molecule has 2 aliphatic heterocycles. The zero-order valence-corrected chi connectivity index (χ0v) is 17.9. The number of benzene rings is 1. The van der Waals surface area contributed by atoms with E-state index in [1.54, 1.807) is 45.0 Å². The highest BCUT2D eigenvalue weighted by Crippen LogP contribution is 2.28. The Bertz CT molecular complexity index is 863. The minimum atomic E-state index is -1.02. The van der Waals surface area contributed by atoms with Gasteiger partial charge in [-0.1, -0.05) is 0 Å². The van der Waals surface area contributed by atoms with Gasteiger partial charge >= 0.3 is 12.1 Å². The molecule has 0 aromatic heterocycles. The lowest BCUT2D eigenvalue weighted by atomic mass is 10.0. The molecule has 0 bridgehead atoms. The number of aliphatic hydroxyl groups is 1. The van der Waals surface area contributed by atoms with E-state index in [1.807, 2.05) is 0 Å². The summed E-state index contributed by atoms with van der Waals surface area (Å²) in [6.07, 6.45) is -0.893. The summed E-state index contributed by atoms with van der Waals surface area (Å²) >= 11 is 0. The van der Waals surface area contributed by atoms with Crippen LogP contribution in [0.25, 0.3) is 0 Å². The van der Waals surface area contributed by atoms with E-state index >= 15 is 0 Å². The van der Waals surface area contributed by atoms with Crippen LogP contribution >= 0.6 is 0 Å². The minimum Gasteiger partial charge on any atom is -0.491 e. The van der Waals surface area contributed by atoms with Crippen LogP contribution in [0.3, 0.4) is 0 Å². The second kappa shape index (κ2) is 8.93.